The number of aromatic hydroxyl groups is 1. The second-order valence-electron chi connectivity index (χ2n) is 7.19. The van der Waals surface area contributed by atoms with Gasteiger partial charge < -0.3 is 5.11 Å². The predicted octanol–water partition coefficient (Wildman–Crippen LogP) is 3.68. The number of halogens is 4. The van der Waals surface area contributed by atoms with Gasteiger partial charge in [-0.25, -0.2) is 22.2 Å². The maximum Gasteiger partial charge on any atom is 0.501 e. The molecule has 33 heavy (non-hydrogen) atoms. The summed E-state index contributed by atoms with van der Waals surface area (Å²) in [5.41, 5.74) is -5.03. The predicted molar refractivity (Wildman–Crippen MR) is 110 cm³/mol. The molecule has 0 unspecified atom stereocenters. The van der Waals surface area contributed by atoms with E-state index in [2.05, 4.69) is 4.98 Å². The maximum absolute atomic E-state index is 13.7. The largest absolute Gasteiger partial charge is 0.501 e. The first-order chi connectivity index (χ1) is 15.4. The van der Waals surface area contributed by atoms with Gasteiger partial charge in [0.1, 0.15) is 5.82 Å². The van der Waals surface area contributed by atoms with Crippen LogP contribution in [-0.4, -0.2) is 33.2 Å². The molecule has 0 spiro atoms. The number of alkyl halides is 3. The second kappa shape index (κ2) is 7.73. The van der Waals surface area contributed by atoms with Crippen LogP contribution in [0.25, 0.3) is 16.6 Å². The van der Waals surface area contributed by atoms with Crippen LogP contribution in [0.2, 0.25) is 0 Å². The van der Waals surface area contributed by atoms with Crippen LogP contribution in [0.4, 0.5) is 17.6 Å². The first-order valence-corrected chi connectivity index (χ1v) is 10.9. The highest BCUT2D eigenvalue weighted by Crippen LogP contribution is 2.31. The molecule has 0 fully saturated rings. The van der Waals surface area contributed by atoms with Crippen LogP contribution in [0.3, 0.4) is 0 Å². The molecule has 0 aliphatic carbocycles. The van der Waals surface area contributed by atoms with Gasteiger partial charge in [0.15, 0.2) is 0 Å². The quantitative estimate of drug-likeness (QED) is 0.449. The summed E-state index contributed by atoms with van der Waals surface area (Å²) in [6, 6.07) is 8.99. The van der Waals surface area contributed by atoms with Crippen LogP contribution in [0.5, 0.6) is 5.88 Å². The molecule has 4 aromatic rings. The van der Waals surface area contributed by atoms with Crippen LogP contribution in [0.15, 0.2) is 64.4 Å². The minimum absolute atomic E-state index is 0.0360. The molecule has 0 atom stereocenters. The van der Waals surface area contributed by atoms with Gasteiger partial charge in [-0.1, -0.05) is 0 Å². The SMILES string of the molecule is Cc1c(O)n(-c2ccc(S(=O)(=O)C(F)(F)F)cc2)c(=O)n1Cc1ccnc2ccc(F)cc12. The van der Waals surface area contributed by atoms with Crippen molar-refractivity contribution in [2.75, 3.05) is 0 Å². The molecule has 0 aliphatic rings. The number of fused-ring (bicyclic) bond motifs is 1. The van der Waals surface area contributed by atoms with Gasteiger partial charge in [-0.05, 0) is 61.0 Å². The second-order valence-corrected chi connectivity index (χ2v) is 9.13. The zero-order valence-electron chi connectivity index (χ0n) is 16.8. The van der Waals surface area contributed by atoms with Crippen LogP contribution in [0.1, 0.15) is 11.3 Å². The molecule has 2 heterocycles. The number of hydrogen-bond donors (Lipinski definition) is 1. The van der Waals surface area contributed by atoms with E-state index in [0.29, 0.717) is 28.6 Å². The molecule has 172 valence electrons. The maximum atomic E-state index is 13.7. The van der Waals surface area contributed by atoms with Crippen molar-refractivity contribution >= 4 is 20.7 Å². The molecule has 0 amide bonds. The summed E-state index contributed by atoms with van der Waals surface area (Å²) in [6.07, 6.45) is 1.49. The van der Waals surface area contributed by atoms with Gasteiger partial charge in [0.05, 0.1) is 28.3 Å². The van der Waals surface area contributed by atoms with E-state index in [1.165, 1.54) is 35.9 Å². The molecule has 12 heteroatoms. The summed E-state index contributed by atoms with van der Waals surface area (Å²) in [7, 11) is -5.56. The van der Waals surface area contributed by atoms with E-state index in [-0.39, 0.29) is 17.9 Å². The Kier molecular flexibility index (Phi) is 5.27. The first-order valence-electron chi connectivity index (χ1n) is 9.38. The van der Waals surface area contributed by atoms with Gasteiger partial charge in [-0.2, -0.15) is 13.2 Å². The fourth-order valence-electron chi connectivity index (χ4n) is 3.45. The van der Waals surface area contributed by atoms with Gasteiger partial charge in [0.2, 0.25) is 5.88 Å². The Bertz CT molecular complexity index is 1540. The third-order valence-corrected chi connectivity index (χ3v) is 6.70. The average Bonchev–Trinajstić information content (AvgIpc) is 2.96. The van der Waals surface area contributed by atoms with Crippen molar-refractivity contribution in [3.63, 3.8) is 0 Å². The summed E-state index contributed by atoms with van der Waals surface area (Å²) in [4.78, 5) is 16.2. The lowest BCUT2D eigenvalue weighted by atomic mass is 10.1. The molecule has 0 saturated heterocycles. The molecule has 0 radical (unpaired) electrons. The lowest BCUT2D eigenvalue weighted by Gasteiger charge is -2.09. The third-order valence-electron chi connectivity index (χ3n) is 5.19. The Labute approximate surface area is 184 Å². The molecule has 2 aromatic heterocycles. The van der Waals surface area contributed by atoms with E-state index in [4.69, 9.17) is 0 Å². The van der Waals surface area contributed by atoms with E-state index >= 15 is 0 Å². The fraction of sp³-hybridized carbons (Fsp3) is 0.143. The zero-order valence-corrected chi connectivity index (χ0v) is 17.7. The molecule has 2 aromatic carbocycles. The Morgan fingerprint density at radius 2 is 1.73 bits per heavy atom. The Hall–Kier alpha value is -3.67. The number of pyridine rings is 1. The molecule has 0 aliphatic heterocycles. The minimum atomic E-state index is -5.56. The summed E-state index contributed by atoms with van der Waals surface area (Å²) < 4.78 is 77.1. The highest BCUT2D eigenvalue weighted by molar-refractivity contribution is 7.92. The lowest BCUT2D eigenvalue weighted by Crippen LogP contribution is -2.25. The van der Waals surface area contributed by atoms with E-state index in [1.54, 1.807) is 6.07 Å². The van der Waals surface area contributed by atoms with Crippen molar-refractivity contribution < 1.29 is 31.1 Å². The van der Waals surface area contributed by atoms with E-state index in [0.717, 1.165) is 16.7 Å². The summed E-state index contributed by atoms with van der Waals surface area (Å²) in [5.74, 6) is -0.967. The van der Waals surface area contributed by atoms with Crippen molar-refractivity contribution in [1.82, 2.24) is 14.1 Å². The molecule has 0 bridgehead atoms. The minimum Gasteiger partial charge on any atom is -0.493 e. The number of benzene rings is 2. The number of rotatable bonds is 4. The summed E-state index contributed by atoms with van der Waals surface area (Å²) in [6.45, 7) is 1.41. The van der Waals surface area contributed by atoms with Crippen molar-refractivity contribution in [2.45, 2.75) is 23.9 Å². The highest BCUT2D eigenvalue weighted by Gasteiger charge is 2.46. The van der Waals surface area contributed by atoms with Crippen molar-refractivity contribution in [2.24, 2.45) is 0 Å². The fourth-order valence-corrected chi connectivity index (χ4v) is 4.21. The zero-order chi connectivity index (χ0) is 24.1. The number of sulfone groups is 1. The lowest BCUT2D eigenvalue weighted by molar-refractivity contribution is -0.0436. The van der Waals surface area contributed by atoms with Crippen LogP contribution in [-0.2, 0) is 16.4 Å². The van der Waals surface area contributed by atoms with E-state index in [1.807, 2.05) is 0 Å². The van der Waals surface area contributed by atoms with Gasteiger partial charge in [0, 0.05) is 11.6 Å². The monoisotopic (exact) mass is 481 g/mol. The number of aromatic nitrogens is 3. The smallest absolute Gasteiger partial charge is 0.493 e. The Balaban J connectivity index is 1.78. The normalized spacial score (nSPS) is 12.4. The summed E-state index contributed by atoms with van der Waals surface area (Å²) in [5, 5.41) is 11.0. The van der Waals surface area contributed by atoms with E-state index < -0.39 is 37.6 Å². The van der Waals surface area contributed by atoms with Gasteiger partial charge in [-0.3, -0.25) is 9.55 Å². The molecule has 4 rings (SSSR count). The highest BCUT2D eigenvalue weighted by atomic mass is 32.2. The summed E-state index contributed by atoms with van der Waals surface area (Å²) >= 11 is 0. The third kappa shape index (κ3) is 3.75. The number of hydrogen-bond acceptors (Lipinski definition) is 5. The molecule has 7 nitrogen and oxygen atoms in total. The molecule has 1 N–H and O–H groups in total. The molecule has 0 saturated carbocycles. The van der Waals surface area contributed by atoms with Crippen molar-refractivity contribution in [3.8, 4) is 11.6 Å². The molecular weight excluding hydrogens is 466 g/mol. The molecular formula is C21H15F4N3O4S. The van der Waals surface area contributed by atoms with Crippen molar-refractivity contribution in [3.05, 3.63) is 82.3 Å². The van der Waals surface area contributed by atoms with Crippen LogP contribution >= 0.6 is 0 Å². The first kappa shape index (κ1) is 22.5. The van der Waals surface area contributed by atoms with Crippen LogP contribution in [0, 0.1) is 12.7 Å². The Morgan fingerprint density at radius 1 is 1.06 bits per heavy atom. The number of nitrogens with zero attached hydrogens (tertiary/aromatic N) is 3. The number of imidazole rings is 1. The van der Waals surface area contributed by atoms with Crippen molar-refractivity contribution in [1.29, 1.82) is 0 Å². The average molecular weight is 481 g/mol. The standard InChI is InChI=1S/C21H15F4N3O4S/c1-12-19(29)28(15-3-5-16(6-4-15)33(31,32)21(23,24)25)20(30)27(12)11-13-8-9-26-18-7-2-14(22)10-17(13)18/h2-10,29H,11H2,1H3. The van der Waals surface area contributed by atoms with Crippen LogP contribution < -0.4 is 5.69 Å². The van der Waals surface area contributed by atoms with Gasteiger partial charge in [-0.15, -0.1) is 0 Å². The topological polar surface area (TPSA) is 94.2 Å². The van der Waals surface area contributed by atoms with Gasteiger partial charge >= 0.3 is 11.2 Å². The Morgan fingerprint density at radius 3 is 2.36 bits per heavy atom. The van der Waals surface area contributed by atoms with Gasteiger partial charge in [0.25, 0.3) is 9.84 Å². The van der Waals surface area contributed by atoms with E-state index in [9.17, 15) is 35.9 Å².